The molecule has 0 fully saturated rings. The Balaban J connectivity index is 5.30. The van der Waals surface area contributed by atoms with Gasteiger partial charge in [-0.2, -0.15) is 0 Å². The summed E-state index contributed by atoms with van der Waals surface area (Å²) in [6.45, 7) is 19.4. The van der Waals surface area contributed by atoms with Gasteiger partial charge in [-0.15, -0.1) is 0 Å². The molecule has 0 bridgehead atoms. The lowest BCUT2D eigenvalue weighted by Crippen LogP contribution is -2.39. The molecule has 0 aliphatic heterocycles. The maximum atomic E-state index is 2.57. The lowest BCUT2D eigenvalue weighted by atomic mass is 9.57. The molecule has 0 amide bonds. The van der Waals surface area contributed by atoms with Gasteiger partial charge in [0.25, 0.3) is 0 Å². The second-order valence-electron chi connectivity index (χ2n) is 7.84. The highest BCUT2D eigenvalue weighted by atomic mass is 14.5. The van der Waals surface area contributed by atoms with Crippen LogP contribution in [0.3, 0.4) is 0 Å². The molecule has 3 unspecified atom stereocenters. The van der Waals surface area contributed by atoms with E-state index in [4.69, 9.17) is 0 Å². The molecule has 0 aliphatic carbocycles. The van der Waals surface area contributed by atoms with Crippen LogP contribution < -0.4 is 0 Å². The van der Waals surface area contributed by atoms with E-state index in [2.05, 4.69) is 55.4 Å². The van der Waals surface area contributed by atoms with E-state index >= 15 is 0 Å². The van der Waals surface area contributed by atoms with Gasteiger partial charge in [-0.3, -0.25) is 0 Å². The zero-order valence-corrected chi connectivity index (χ0v) is 15.8. The van der Waals surface area contributed by atoms with Crippen LogP contribution in [-0.2, 0) is 0 Å². The summed E-state index contributed by atoms with van der Waals surface area (Å²) < 4.78 is 0. The van der Waals surface area contributed by atoms with Crippen molar-refractivity contribution in [1.82, 2.24) is 0 Å². The molecule has 0 radical (unpaired) electrons. The zero-order valence-electron chi connectivity index (χ0n) is 15.8. The van der Waals surface area contributed by atoms with E-state index < -0.39 is 0 Å². The van der Waals surface area contributed by atoms with E-state index in [1.54, 1.807) is 0 Å². The first kappa shape index (κ1) is 20.0. The van der Waals surface area contributed by atoms with Gasteiger partial charge in [0.15, 0.2) is 0 Å². The molecule has 0 aliphatic rings. The smallest absolute Gasteiger partial charge is 0.0244 e. The van der Waals surface area contributed by atoms with Crippen LogP contribution in [-0.4, -0.2) is 0 Å². The molecule has 3 atom stereocenters. The third kappa shape index (κ3) is 5.41. The molecule has 0 saturated carbocycles. The fraction of sp³-hybridized carbons (Fsp3) is 1.00. The molecule has 0 N–H and O–H groups in total. The first-order valence-electron chi connectivity index (χ1n) is 9.35. The molecule has 0 rings (SSSR count). The van der Waals surface area contributed by atoms with E-state index in [9.17, 15) is 0 Å². The quantitative estimate of drug-likeness (QED) is 0.372. The Morgan fingerprint density at radius 2 is 1.45 bits per heavy atom. The standard InChI is InChI=1S/C20H42/c1-9-12-14-20(17(6)7,15-16(4)5)18(8)19(11-3)13-10-2/h16-19H,9-15H2,1-8H3. The normalized spacial score (nSPS) is 18.3. The van der Waals surface area contributed by atoms with Gasteiger partial charge in [-0.1, -0.05) is 87.5 Å². The summed E-state index contributed by atoms with van der Waals surface area (Å²) in [5.41, 5.74) is 0.556. The number of hydrogen-bond acceptors (Lipinski definition) is 0. The van der Waals surface area contributed by atoms with Gasteiger partial charge < -0.3 is 0 Å². The monoisotopic (exact) mass is 282 g/mol. The molecule has 122 valence electrons. The zero-order chi connectivity index (χ0) is 15.8. The van der Waals surface area contributed by atoms with Crippen LogP contribution in [0.2, 0.25) is 0 Å². The molecule has 0 nitrogen and oxygen atoms in total. The Morgan fingerprint density at radius 3 is 1.80 bits per heavy atom. The second kappa shape index (κ2) is 9.85. The van der Waals surface area contributed by atoms with Crippen molar-refractivity contribution in [2.24, 2.45) is 29.1 Å². The minimum absolute atomic E-state index is 0.556. The average Bonchev–Trinajstić information content (AvgIpc) is 2.39. The summed E-state index contributed by atoms with van der Waals surface area (Å²) in [5.74, 6) is 3.40. The van der Waals surface area contributed by atoms with Gasteiger partial charge >= 0.3 is 0 Å². The second-order valence-corrected chi connectivity index (χ2v) is 7.84. The van der Waals surface area contributed by atoms with Crippen LogP contribution in [0, 0.1) is 29.1 Å². The maximum absolute atomic E-state index is 2.57. The fourth-order valence-electron chi connectivity index (χ4n) is 4.48. The first-order chi connectivity index (χ1) is 9.35. The summed E-state index contributed by atoms with van der Waals surface area (Å²) in [7, 11) is 0. The van der Waals surface area contributed by atoms with Gasteiger partial charge in [0.05, 0.1) is 0 Å². The van der Waals surface area contributed by atoms with Gasteiger partial charge in [0, 0.05) is 0 Å². The number of hydrogen-bond donors (Lipinski definition) is 0. The summed E-state index contributed by atoms with van der Waals surface area (Å²) >= 11 is 0. The van der Waals surface area contributed by atoms with Crippen LogP contribution in [0.15, 0.2) is 0 Å². The largest absolute Gasteiger partial charge is 0.0654 e. The Morgan fingerprint density at radius 1 is 0.850 bits per heavy atom. The molecule has 0 aromatic heterocycles. The van der Waals surface area contributed by atoms with E-state index in [0.29, 0.717) is 5.41 Å². The van der Waals surface area contributed by atoms with Crippen LogP contribution in [0.5, 0.6) is 0 Å². The summed E-state index contributed by atoms with van der Waals surface area (Å²) in [6, 6.07) is 0. The van der Waals surface area contributed by atoms with Crippen LogP contribution in [0.25, 0.3) is 0 Å². The van der Waals surface area contributed by atoms with Crippen molar-refractivity contribution in [2.75, 3.05) is 0 Å². The SMILES string of the molecule is CCCCC(CC(C)C)(C(C)C)C(C)C(CC)CCC. The third-order valence-corrected chi connectivity index (χ3v) is 5.73. The van der Waals surface area contributed by atoms with E-state index in [1.807, 2.05) is 0 Å². The van der Waals surface area contributed by atoms with E-state index in [-0.39, 0.29) is 0 Å². The van der Waals surface area contributed by atoms with Crippen molar-refractivity contribution in [2.45, 2.75) is 100 Å². The van der Waals surface area contributed by atoms with Crippen LogP contribution in [0.4, 0.5) is 0 Å². The number of unbranched alkanes of at least 4 members (excludes halogenated alkanes) is 1. The summed E-state index contributed by atoms with van der Waals surface area (Å²) in [5, 5.41) is 0. The molecule has 0 aromatic carbocycles. The van der Waals surface area contributed by atoms with Gasteiger partial charge in [0.2, 0.25) is 0 Å². The highest BCUT2D eigenvalue weighted by Crippen LogP contribution is 2.50. The summed E-state index contributed by atoms with van der Waals surface area (Å²) in [6.07, 6.45) is 9.69. The minimum Gasteiger partial charge on any atom is -0.0654 e. The lowest BCUT2D eigenvalue weighted by molar-refractivity contribution is 0.0177. The molecule has 0 saturated heterocycles. The van der Waals surface area contributed by atoms with Crippen molar-refractivity contribution in [3.05, 3.63) is 0 Å². The Labute approximate surface area is 130 Å². The Bertz CT molecular complexity index is 228. The highest BCUT2D eigenvalue weighted by Gasteiger charge is 2.41. The molecular formula is C20H42. The van der Waals surface area contributed by atoms with E-state index in [0.717, 1.165) is 23.7 Å². The summed E-state index contributed by atoms with van der Waals surface area (Å²) in [4.78, 5) is 0. The van der Waals surface area contributed by atoms with Crippen molar-refractivity contribution < 1.29 is 0 Å². The molecule has 0 spiro atoms. The lowest BCUT2D eigenvalue weighted by Gasteiger charge is -2.48. The number of rotatable bonds is 11. The Kier molecular flexibility index (Phi) is 9.85. The Hall–Kier alpha value is 0. The van der Waals surface area contributed by atoms with Crippen molar-refractivity contribution >= 4 is 0 Å². The van der Waals surface area contributed by atoms with Crippen LogP contribution in [0.1, 0.15) is 100 Å². The van der Waals surface area contributed by atoms with Crippen molar-refractivity contribution in [3.63, 3.8) is 0 Å². The average molecular weight is 283 g/mol. The molecular weight excluding hydrogens is 240 g/mol. The predicted molar refractivity (Wildman–Crippen MR) is 94.1 cm³/mol. The molecule has 0 heterocycles. The van der Waals surface area contributed by atoms with Gasteiger partial charge in [0.1, 0.15) is 0 Å². The van der Waals surface area contributed by atoms with Crippen molar-refractivity contribution in [1.29, 1.82) is 0 Å². The maximum Gasteiger partial charge on any atom is -0.0244 e. The molecule has 0 aromatic rings. The van der Waals surface area contributed by atoms with Crippen molar-refractivity contribution in [3.8, 4) is 0 Å². The van der Waals surface area contributed by atoms with Crippen LogP contribution >= 0.6 is 0 Å². The van der Waals surface area contributed by atoms with E-state index in [1.165, 1.54) is 44.9 Å². The minimum atomic E-state index is 0.556. The van der Waals surface area contributed by atoms with Gasteiger partial charge in [-0.05, 0) is 41.9 Å². The third-order valence-electron chi connectivity index (χ3n) is 5.73. The molecule has 0 heteroatoms. The highest BCUT2D eigenvalue weighted by molar-refractivity contribution is 4.90. The predicted octanol–water partition coefficient (Wildman–Crippen LogP) is 7.33. The molecule has 20 heavy (non-hydrogen) atoms. The van der Waals surface area contributed by atoms with Gasteiger partial charge in [-0.25, -0.2) is 0 Å². The fourth-order valence-corrected chi connectivity index (χ4v) is 4.48. The topological polar surface area (TPSA) is 0 Å². The first-order valence-corrected chi connectivity index (χ1v) is 9.35.